The second kappa shape index (κ2) is 16.0. The summed E-state index contributed by atoms with van der Waals surface area (Å²) in [6, 6.07) is 5.77. The number of hydrogen-bond acceptors (Lipinski definition) is 8. The highest BCUT2D eigenvalue weighted by atomic mass is 16.5. The van der Waals surface area contributed by atoms with E-state index in [4.69, 9.17) is 15.2 Å². The molecule has 1 saturated heterocycles. The molecule has 10 nitrogen and oxygen atoms in total. The number of rotatable bonds is 13. The summed E-state index contributed by atoms with van der Waals surface area (Å²) in [6.07, 6.45) is 5.34. The van der Waals surface area contributed by atoms with Gasteiger partial charge in [-0.3, -0.25) is 9.79 Å². The van der Waals surface area contributed by atoms with Crippen LogP contribution in [-0.2, 0) is 16.0 Å². The van der Waals surface area contributed by atoms with E-state index in [0.29, 0.717) is 48.8 Å². The molecule has 1 saturated carbocycles. The highest BCUT2D eigenvalue weighted by molar-refractivity contribution is 5.77. The van der Waals surface area contributed by atoms with Gasteiger partial charge < -0.3 is 41.4 Å². The van der Waals surface area contributed by atoms with Gasteiger partial charge in [0.2, 0.25) is 0 Å². The summed E-state index contributed by atoms with van der Waals surface area (Å²) in [5, 5.41) is 31.5. The van der Waals surface area contributed by atoms with E-state index >= 15 is 0 Å². The third-order valence-electron chi connectivity index (χ3n) is 8.54. The van der Waals surface area contributed by atoms with Crippen molar-refractivity contribution in [2.24, 2.45) is 28.5 Å². The Balaban J connectivity index is 1.57. The number of piperidine rings is 1. The Labute approximate surface area is 239 Å². The molecule has 3 rings (SSSR count). The van der Waals surface area contributed by atoms with Crippen molar-refractivity contribution in [1.82, 2.24) is 16.0 Å². The number of likely N-dealkylation sites (N-methyl/N-ethyl adjacent to an activating group) is 1. The van der Waals surface area contributed by atoms with Gasteiger partial charge in [0.25, 0.3) is 0 Å². The van der Waals surface area contributed by atoms with Crippen LogP contribution < -0.4 is 26.4 Å². The number of aliphatic hydroxyl groups is 1. The molecule has 1 aliphatic heterocycles. The lowest BCUT2D eigenvalue weighted by Crippen LogP contribution is -2.46. The zero-order valence-electron chi connectivity index (χ0n) is 24.7. The molecule has 40 heavy (non-hydrogen) atoms. The van der Waals surface area contributed by atoms with E-state index in [0.717, 1.165) is 57.3 Å². The number of esters is 1. The average Bonchev–Trinajstić information content (AvgIpc) is 2.92. The first-order chi connectivity index (χ1) is 19.2. The van der Waals surface area contributed by atoms with Gasteiger partial charge in [0.05, 0.1) is 6.10 Å². The molecule has 0 aromatic heterocycles. The van der Waals surface area contributed by atoms with Crippen LogP contribution in [0.5, 0.6) is 11.5 Å². The largest absolute Gasteiger partial charge is 0.504 e. The van der Waals surface area contributed by atoms with Crippen molar-refractivity contribution in [3.8, 4) is 11.5 Å². The normalized spacial score (nSPS) is 27.0. The number of guanidine groups is 1. The standard InChI is InChI=1S/C30H51N5O5/c1-19-5-8-22(14-23(19)17-35-30(31)33-4)28(38)16-25(39-20(2)36)9-6-21-7-10-27(37)29(13-21)40-26-11-12-34-24(15-26)18-32-3/h7,10,13,19,22-26,28,32,34,37-38H,5-6,8-9,11-12,14-18H2,1-4H3,(H3,31,33,35)/t19-,22+,23-,24-,25+,26-,28+/m0/s1. The van der Waals surface area contributed by atoms with Gasteiger partial charge in [-0.25, -0.2) is 0 Å². The highest BCUT2D eigenvalue weighted by Gasteiger charge is 2.33. The van der Waals surface area contributed by atoms with Gasteiger partial charge in [-0.05, 0) is 81.1 Å². The molecule has 2 fully saturated rings. The second-order valence-electron chi connectivity index (χ2n) is 11.6. The van der Waals surface area contributed by atoms with Crippen molar-refractivity contribution >= 4 is 11.9 Å². The number of carbonyl (C=O) groups is 1. The van der Waals surface area contributed by atoms with Gasteiger partial charge in [0.15, 0.2) is 17.5 Å². The lowest BCUT2D eigenvalue weighted by molar-refractivity contribution is -0.148. The van der Waals surface area contributed by atoms with E-state index in [1.807, 2.05) is 19.2 Å². The number of ether oxygens (including phenoxy) is 2. The minimum Gasteiger partial charge on any atom is -0.504 e. The zero-order valence-corrected chi connectivity index (χ0v) is 24.7. The summed E-state index contributed by atoms with van der Waals surface area (Å²) in [4.78, 5) is 15.9. The Morgan fingerprint density at radius 3 is 2.77 bits per heavy atom. The van der Waals surface area contributed by atoms with Crippen molar-refractivity contribution in [2.45, 2.75) is 89.6 Å². The van der Waals surface area contributed by atoms with Gasteiger partial charge >= 0.3 is 5.97 Å². The molecule has 1 aromatic rings. The van der Waals surface area contributed by atoms with Crippen LogP contribution in [-0.4, -0.2) is 80.2 Å². The molecule has 0 unspecified atom stereocenters. The molecule has 226 valence electrons. The van der Waals surface area contributed by atoms with Crippen molar-refractivity contribution in [3.63, 3.8) is 0 Å². The molecular formula is C30H51N5O5. The molecule has 0 spiro atoms. The maximum Gasteiger partial charge on any atom is 0.302 e. The summed E-state index contributed by atoms with van der Waals surface area (Å²) in [6.45, 7) is 6.14. The molecule has 0 radical (unpaired) electrons. The number of hydrogen-bond donors (Lipinski definition) is 6. The third-order valence-corrected chi connectivity index (χ3v) is 8.54. The quantitative estimate of drug-likeness (QED) is 0.121. The summed E-state index contributed by atoms with van der Waals surface area (Å²) >= 11 is 0. The molecule has 1 aromatic carbocycles. The van der Waals surface area contributed by atoms with Crippen LogP contribution in [0.2, 0.25) is 0 Å². The van der Waals surface area contributed by atoms with Crippen LogP contribution in [0.15, 0.2) is 23.2 Å². The zero-order chi connectivity index (χ0) is 29.1. The summed E-state index contributed by atoms with van der Waals surface area (Å²) < 4.78 is 11.9. The first kappa shape index (κ1) is 32.0. The van der Waals surface area contributed by atoms with Gasteiger partial charge in [-0.2, -0.15) is 0 Å². The Hall–Kier alpha value is -2.56. The molecular weight excluding hydrogens is 510 g/mol. The lowest BCUT2D eigenvalue weighted by Gasteiger charge is -2.37. The lowest BCUT2D eigenvalue weighted by atomic mass is 9.72. The van der Waals surface area contributed by atoms with Crippen LogP contribution in [0.1, 0.15) is 64.4 Å². The van der Waals surface area contributed by atoms with E-state index in [-0.39, 0.29) is 23.7 Å². The Morgan fingerprint density at radius 1 is 1.25 bits per heavy atom. The second-order valence-corrected chi connectivity index (χ2v) is 11.6. The molecule has 7 N–H and O–H groups in total. The summed E-state index contributed by atoms with van der Waals surface area (Å²) in [5.41, 5.74) is 6.81. The predicted octanol–water partition coefficient (Wildman–Crippen LogP) is 2.31. The van der Waals surface area contributed by atoms with Crippen LogP contribution in [0.25, 0.3) is 0 Å². The first-order valence-electron chi connectivity index (χ1n) is 14.9. The average molecular weight is 562 g/mol. The number of nitrogens with one attached hydrogen (secondary N) is 3. The molecule has 0 bridgehead atoms. The van der Waals surface area contributed by atoms with Gasteiger partial charge in [0, 0.05) is 45.9 Å². The van der Waals surface area contributed by atoms with E-state index in [1.54, 1.807) is 13.1 Å². The number of aryl methyl sites for hydroxylation is 1. The number of phenols is 1. The fourth-order valence-corrected chi connectivity index (χ4v) is 6.11. The van der Waals surface area contributed by atoms with Crippen molar-refractivity contribution in [2.75, 3.05) is 33.7 Å². The van der Waals surface area contributed by atoms with E-state index in [1.165, 1.54) is 6.92 Å². The van der Waals surface area contributed by atoms with Crippen LogP contribution in [0.4, 0.5) is 0 Å². The summed E-state index contributed by atoms with van der Waals surface area (Å²) in [5.74, 6) is 1.78. The number of aromatic hydroxyl groups is 1. The number of nitrogens with two attached hydrogens (primary N) is 1. The fourth-order valence-electron chi connectivity index (χ4n) is 6.11. The Kier molecular flexibility index (Phi) is 12.8. The van der Waals surface area contributed by atoms with Crippen molar-refractivity contribution in [1.29, 1.82) is 0 Å². The fraction of sp³-hybridized carbons (Fsp3) is 0.733. The minimum atomic E-state index is -0.555. The predicted molar refractivity (Wildman–Crippen MR) is 158 cm³/mol. The molecule has 1 aliphatic carbocycles. The SMILES string of the molecule is CN=C(N)NC[C@@H]1C[C@H]([C@H](O)C[C@@H](CCc2ccc(O)c(O[C@H]3CCN[C@H](CNC)C3)c2)OC(C)=O)CC[C@@H]1C. The molecule has 10 heteroatoms. The Bertz CT molecular complexity index is 958. The summed E-state index contributed by atoms with van der Waals surface area (Å²) in [7, 11) is 3.60. The van der Waals surface area contributed by atoms with Gasteiger partial charge in [-0.1, -0.05) is 19.4 Å². The molecule has 1 heterocycles. The van der Waals surface area contributed by atoms with E-state index < -0.39 is 12.2 Å². The maximum atomic E-state index is 11.9. The van der Waals surface area contributed by atoms with Gasteiger partial charge in [0.1, 0.15) is 12.2 Å². The highest BCUT2D eigenvalue weighted by Crippen LogP contribution is 2.37. The molecule has 2 aliphatic rings. The number of nitrogens with zero attached hydrogens (tertiary/aromatic N) is 1. The Morgan fingerprint density at radius 2 is 2.05 bits per heavy atom. The van der Waals surface area contributed by atoms with E-state index in [2.05, 4.69) is 27.9 Å². The number of aliphatic imine (C=N–C) groups is 1. The van der Waals surface area contributed by atoms with Crippen LogP contribution in [0.3, 0.4) is 0 Å². The number of phenolic OH excluding ortho intramolecular Hbond substituents is 1. The van der Waals surface area contributed by atoms with Crippen LogP contribution >= 0.6 is 0 Å². The minimum absolute atomic E-state index is 0.0348. The first-order valence-corrected chi connectivity index (χ1v) is 14.9. The van der Waals surface area contributed by atoms with E-state index in [9.17, 15) is 15.0 Å². The number of benzene rings is 1. The van der Waals surface area contributed by atoms with Crippen LogP contribution in [0, 0.1) is 17.8 Å². The topological polar surface area (TPSA) is 150 Å². The monoisotopic (exact) mass is 561 g/mol. The number of carbonyl (C=O) groups excluding carboxylic acids is 1. The molecule has 0 amide bonds. The third kappa shape index (κ3) is 10.1. The smallest absolute Gasteiger partial charge is 0.302 e. The number of aliphatic hydroxyl groups excluding tert-OH is 1. The molecule has 7 atom stereocenters. The maximum absolute atomic E-state index is 11.9. The van der Waals surface area contributed by atoms with Crippen molar-refractivity contribution in [3.05, 3.63) is 23.8 Å². The van der Waals surface area contributed by atoms with Crippen molar-refractivity contribution < 1.29 is 24.5 Å². The van der Waals surface area contributed by atoms with Gasteiger partial charge in [-0.15, -0.1) is 0 Å².